The van der Waals surface area contributed by atoms with Crippen LogP contribution in [-0.4, -0.2) is 24.7 Å². The lowest BCUT2D eigenvalue weighted by Gasteiger charge is -2.30. The van der Waals surface area contributed by atoms with Crippen LogP contribution in [-0.2, 0) is 6.42 Å². The van der Waals surface area contributed by atoms with Gasteiger partial charge in [-0.3, -0.25) is 0 Å². The van der Waals surface area contributed by atoms with E-state index >= 15 is 0 Å². The van der Waals surface area contributed by atoms with Crippen molar-refractivity contribution in [1.82, 2.24) is 10.6 Å². The molecule has 1 aliphatic carbocycles. The number of carbonyl (C=O) groups excluding carboxylic acids is 1. The fourth-order valence-electron chi connectivity index (χ4n) is 2.51. The summed E-state index contributed by atoms with van der Waals surface area (Å²) in [4.78, 5) is 11.8. The van der Waals surface area contributed by atoms with Gasteiger partial charge >= 0.3 is 6.03 Å². The third-order valence-corrected chi connectivity index (χ3v) is 3.80. The second-order valence-corrected chi connectivity index (χ2v) is 5.18. The summed E-state index contributed by atoms with van der Waals surface area (Å²) in [6, 6.07) is 8.82. The van der Waals surface area contributed by atoms with Crippen LogP contribution in [0.25, 0.3) is 0 Å². The fraction of sp³-hybridized carbons (Fsp3) is 0.500. The summed E-state index contributed by atoms with van der Waals surface area (Å²) in [5, 5.41) is 9.41. The fourth-order valence-corrected chi connectivity index (χ4v) is 2.51. The van der Waals surface area contributed by atoms with Crippen molar-refractivity contribution in [3.63, 3.8) is 0 Å². The normalized spacial score (nSPS) is 22.3. The van der Waals surface area contributed by atoms with Crippen molar-refractivity contribution in [3.05, 3.63) is 29.8 Å². The molecule has 4 nitrogen and oxygen atoms in total. The first-order chi connectivity index (χ1) is 8.81. The zero-order valence-corrected chi connectivity index (χ0v) is 10.4. The van der Waals surface area contributed by atoms with Gasteiger partial charge in [0, 0.05) is 18.3 Å². The molecular formula is C14H19N3O. The molecule has 1 saturated carbocycles. The maximum atomic E-state index is 11.8. The quantitative estimate of drug-likeness (QED) is 0.745. The summed E-state index contributed by atoms with van der Waals surface area (Å²) in [6.45, 7) is 0.801. The Morgan fingerprint density at radius 1 is 1.17 bits per heavy atom. The first kappa shape index (κ1) is 11.4. The Kier molecular flexibility index (Phi) is 3.09. The van der Waals surface area contributed by atoms with E-state index in [0.717, 1.165) is 25.8 Å². The summed E-state index contributed by atoms with van der Waals surface area (Å²) in [5.41, 5.74) is 2.47. The second kappa shape index (κ2) is 4.88. The van der Waals surface area contributed by atoms with E-state index in [2.05, 4.69) is 28.1 Å². The van der Waals surface area contributed by atoms with Crippen molar-refractivity contribution in [2.75, 3.05) is 11.9 Å². The molecular weight excluding hydrogens is 226 g/mol. The highest BCUT2D eigenvalue weighted by molar-refractivity contribution is 5.75. The molecule has 0 aromatic heterocycles. The number of carbonyl (C=O) groups is 1. The molecule has 3 rings (SSSR count). The van der Waals surface area contributed by atoms with Gasteiger partial charge in [-0.25, -0.2) is 4.79 Å². The van der Waals surface area contributed by atoms with Crippen molar-refractivity contribution in [2.24, 2.45) is 0 Å². The van der Waals surface area contributed by atoms with Crippen LogP contribution in [0.15, 0.2) is 24.3 Å². The number of rotatable bonds is 2. The van der Waals surface area contributed by atoms with E-state index in [-0.39, 0.29) is 12.1 Å². The third kappa shape index (κ3) is 2.42. The van der Waals surface area contributed by atoms with Crippen LogP contribution in [0, 0.1) is 0 Å². The molecule has 1 unspecified atom stereocenters. The summed E-state index contributed by atoms with van der Waals surface area (Å²) < 4.78 is 0. The lowest BCUT2D eigenvalue weighted by molar-refractivity contribution is 0.225. The molecule has 18 heavy (non-hydrogen) atoms. The van der Waals surface area contributed by atoms with E-state index in [0.29, 0.717) is 6.04 Å². The van der Waals surface area contributed by atoms with Crippen LogP contribution in [0.3, 0.4) is 0 Å². The van der Waals surface area contributed by atoms with E-state index in [4.69, 9.17) is 0 Å². The largest absolute Gasteiger partial charge is 0.383 e. The Bertz CT molecular complexity index is 442. The minimum absolute atomic E-state index is 0.0223. The first-order valence-corrected chi connectivity index (χ1v) is 6.70. The number of nitrogens with one attached hydrogen (secondary N) is 3. The summed E-state index contributed by atoms with van der Waals surface area (Å²) in [7, 11) is 0. The number of para-hydroxylation sites is 1. The number of anilines is 1. The van der Waals surface area contributed by atoms with Gasteiger partial charge in [-0.1, -0.05) is 18.2 Å². The van der Waals surface area contributed by atoms with Crippen LogP contribution in [0.5, 0.6) is 0 Å². The average molecular weight is 245 g/mol. The Labute approximate surface area is 107 Å². The van der Waals surface area contributed by atoms with Gasteiger partial charge in [0.1, 0.15) is 0 Å². The molecule has 3 N–H and O–H groups in total. The lowest BCUT2D eigenvalue weighted by atomic mass is 9.93. The highest BCUT2D eigenvalue weighted by Gasteiger charge is 2.22. The number of urea groups is 1. The van der Waals surface area contributed by atoms with Gasteiger partial charge in [-0.15, -0.1) is 0 Å². The first-order valence-electron chi connectivity index (χ1n) is 6.70. The highest BCUT2D eigenvalue weighted by Crippen LogP contribution is 2.21. The van der Waals surface area contributed by atoms with E-state index in [1.807, 2.05) is 12.1 Å². The standard InChI is InChI=1S/C14H19N3O/c18-14(16-11-5-3-6-11)17-12-8-10-4-1-2-7-13(10)15-9-12/h1-2,4,7,11-12,15H,3,5-6,8-9H2,(H2,16,17,18). The topological polar surface area (TPSA) is 53.2 Å². The number of hydrogen-bond acceptors (Lipinski definition) is 2. The van der Waals surface area contributed by atoms with E-state index in [1.54, 1.807) is 0 Å². The van der Waals surface area contributed by atoms with Gasteiger partial charge in [0.25, 0.3) is 0 Å². The number of amides is 2. The number of hydrogen-bond donors (Lipinski definition) is 3. The molecule has 0 spiro atoms. The molecule has 0 saturated heterocycles. The molecule has 1 atom stereocenters. The Hall–Kier alpha value is -1.71. The number of fused-ring (bicyclic) bond motifs is 1. The Morgan fingerprint density at radius 2 is 1.94 bits per heavy atom. The maximum absolute atomic E-state index is 11.8. The minimum atomic E-state index is -0.0223. The molecule has 96 valence electrons. The predicted octanol–water partition coefficient (Wildman–Crippen LogP) is 1.87. The Balaban J connectivity index is 1.54. The molecule has 1 aromatic rings. The molecule has 2 aliphatic rings. The lowest BCUT2D eigenvalue weighted by Crippen LogP contribution is -2.51. The molecule has 1 fully saturated rings. The van der Waals surface area contributed by atoms with Gasteiger partial charge in [-0.05, 0) is 37.3 Å². The summed E-state index contributed by atoms with van der Waals surface area (Å²) in [5.74, 6) is 0. The summed E-state index contributed by atoms with van der Waals surface area (Å²) in [6.07, 6.45) is 4.39. The smallest absolute Gasteiger partial charge is 0.315 e. The van der Waals surface area contributed by atoms with Gasteiger partial charge in [0.05, 0.1) is 6.04 Å². The molecule has 4 heteroatoms. The molecule has 1 heterocycles. The zero-order valence-electron chi connectivity index (χ0n) is 10.4. The monoisotopic (exact) mass is 245 g/mol. The van der Waals surface area contributed by atoms with E-state index in [9.17, 15) is 4.79 Å². The highest BCUT2D eigenvalue weighted by atomic mass is 16.2. The average Bonchev–Trinajstić information content (AvgIpc) is 2.34. The van der Waals surface area contributed by atoms with Crippen LogP contribution in [0.1, 0.15) is 24.8 Å². The van der Waals surface area contributed by atoms with Crippen LogP contribution >= 0.6 is 0 Å². The van der Waals surface area contributed by atoms with Crippen molar-refractivity contribution in [2.45, 2.75) is 37.8 Å². The molecule has 0 bridgehead atoms. The van der Waals surface area contributed by atoms with Gasteiger partial charge in [0.15, 0.2) is 0 Å². The molecule has 2 amide bonds. The van der Waals surface area contributed by atoms with Crippen LogP contribution in [0.2, 0.25) is 0 Å². The molecule has 1 aromatic carbocycles. The van der Waals surface area contributed by atoms with Gasteiger partial charge < -0.3 is 16.0 Å². The van der Waals surface area contributed by atoms with Gasteiger partial charge in [-0.2, -0.15) is 0 Å². The van der Waals surface area contributed by atoms with Crippen molar-refractivity contribution in [3.8, 4) is 0 Å². The summed E-state index contributed by atoms with van der Waals surface area (Å²) >= 11 is 0. The minimum Gasteiger partial charge on any atom is -0.383 e. The van der Waals surface area contributed by atoms with Crippen molar-refractivity contribution < 1.29 is 4.79 Å². The number of benzene rings is 1. The van der Waals surface area contributed by atoms with Crippen molar-refractivity contribution in [1.29, 1.82) is 0 Å². The zero-order chi connectivity index (χ0) is 12.4. The Morgan fingerprint density at radius 3 is 2.72 bits per heavy atom. The second-order valence-electron chi connectivity index (χ2n) is 5.18. The molecule has 1 aliphatic heterocycles. The predicted molar refractivity (Wildman–Crippen MR) is 71.7 cm³/mol. The SMILES string of the molecule is O=C(NC1CCC1)NC1CNc2ccccc2C1. The third-order valence-electron chi connectivity index (χ3n) is 3.80. The van der Waals surface area contributed by atoms with E-state index < -0.39 is 0 Å². The van der Waals surface area contributed by atoms with Crippen LogP contribution < -0.4 is 16.0 Å². The maximum Gasteiger partial charge on any atom is 0.315 e. The van der Waals surface area contributed by atoms with E-state index in [1.165, 1.54) is 17.7 Å². The molecule has 0 radical (unpaired) electrons. The van der Waals surface area contributed by atoms with Crippen molar-refractivity contribution >= 4 is 11.7 Å². The van der Waals surface area contributed by atoms with Gasteiger partial charge in [0.2, 0.25) is 0 Å². The van der Waals surface area contributed by atoms with Crippen LogP contribution in [0.4, 0.5) is 10.5 Å².